The summed E-state index contributed by atoms with van der Waals surface area (Å²) in [7, 11) is 0. The lowest BCUT2D eigenvalue weighted by molar-refractivity contribution is 0.848. The van der Waals surface area contributed by atoms with Crippen molar-refractivity contribution >= 4 is 22.6 Å². The predicted molar refractivity (Wildman–Crippen MR) is 71.3 cm³/mol. The van der Waals surface area contributed by atoms with Crippen molar-refractivity contribution in [2.24, 2.45) is 0 Å². The molecule has 3 aromatic rings. The minimum Gasteiger partial charge on any atom is -0.169 e. The topological polar surface area (TPSA) is 30.7 Å². The molecule has 0 fully saturated rings. The molecule has 4 heteroatoms. The summed E-state index contributed by atoms with van der Waals surface area (Å²) < 4.78 is 1.57. The van der Waals surface area contributed by atoms with Crippen LogP contribution in [0.3, 0.4) is 0 Å². The Morgan fingerprint density at radius 1 is 1.00 bits per heavy atom. The summed E-state index contributed by atoms with van der Waals surface area (Å²) in [6.07, 6.45) is 0. The largest absolute Gasteiger partial charge is 0.169 e. The van der Waals surface area contributed by atoms with Crippen LogP contribution in [0.25, 0.3) is 11.0 Å². The molecule has 1 aromatic heterocycles. The van der Waals surface area contributed by atoms with Gasteiger partial charge in [0.25, 0.3) is 0 Å². The Balaban J connectivity index is 2.00. The van der Waals surface area contributed by atoms with E-state index in [2.05, 4.69) is 22.3 Å². The molecule has 3 rings (SSSR count). The molecule has 0 aliphatic rings. The summed E-state index contributed by atoms with van der Waals surface area (Å²) in [5.74, 6) is 3.02. The van der Waals surface area contributed by atoms with Crippen molar-refractivity contribution in [2.75, 3.05) is 0 Å². The van der Waals surface area contributed by atoms with Crippen LogP contribution in [0, 0.1) is 12.0 Å². The maximum Gasteiger partial charge on any atom is 0.114 e. The monoisotopic (exact) mass is 253 g/mol. The van der Waals surface area contributed by atoms with Crippen molar-refractivity contribution in [3.63, 3.8) is 0 Å². The van der Waals surface area contributed by atoms with E-state index in [1.165, 1.54) is 0 Å². The molecule has 0 saturated carbocycles. The van der Waals surface area contributed by atoms with Gasteiger partial charge in [0.15, 0.2) is 0 Å². The van der Waals surface area contributed by atoms with E-state index in [1.54, 1.807) is 4.68 Å². The molecule has 86 valence electrons. The number of fused-ring (bicyclic) bond motifs is 1. The standard InChI is InChI=1S/C14H8ClN3/c15-12-7-5-11(6-8-12)9-10-18-14-4-2-1-3-13(14)16-17-18/h1-8H. The van der Waals surface area contributed by atoms with Crippen LogP contribution in [0.5, 0.6) is 0 Å². The van der Waals surface area contributed by atoms with Crippen molar-refractivity contribution in [1.82, 2.24) is 15.0 Å². The Kier molecular flexibility index (Phi) is 2.71. The molecule has 1 heterocycles. The van der Waals surface area contributed by atoms with Gasteiger partial charge < -0.3 is 0 Å². The molecule has 18 heavy (non-hydrogen) atoms. The molecule has 2 aromatic carbocycles. The van der Waals surface area contributed by atoms with Crippen molar-refractivity contribution in [3.8, 4) is 12.0 Å². The zero-order valence-electron chi connectivity index (χ0n) is 9.34. The van der Waals surface area contributed by atoms with Gasteiger partial charge in [-0.1, -0.05) is 28.9 Å². The zero-order valence-corrected chi connectivity index (χ0v) is 10.1. The van der Waals surface area contributed by atoms with E-state index in [1.807, 2.05) is 48.5 Å². The number of rotatable bonds is 0. The van der Waals surface area contributed by atoms with Crippen LogP contribution in [0.4, 0.5) is 0 Å². The molecule has 0 bridgehead atoms. The van der Waals surface area contributed by atoms with E-state index in [0.717, 1.165) is 16.6 Å². The lowest BCUT2D eigenvalue weighted by Gasteiger charge is -1.91. The number of hydrogen-bond donors (Lipinski definition) is 0. The quantitative estimate of drug-likeness (QED) is 0.577. The van der Waals surface area contributed by atoms with Gasteiger partial charge in [0.2, 0.25) is 0 Å². The molecule has 0 unspecified atom stereocenters. The zero-order chi connectivity index (χ0) is 12.4. The summed E-state index contributed by atoms with van der Waals surface area (Å²) in [6, 6.07) is 18.0. The van der Waals surface area contributed by atoms with Gasteiger partial charge in [0.05, 0.1) is 0 Å². The van der Waals surface area contributed by atoms with Gasteiger partial charge >= 0.3 is 0 Å². The Morgan fingerprint density at radius 2 is 1.78 bits per heavy atom. The van der Waals surface area contributed by atoms with Crippen LogP contribution in [-0.2, 0) is 0 Å². The summed E-state index contributed by atoms with van der Waals surface area (Å²) >= 11 is 5.81. The highest BCUT2D eigenvalue weighted by atomic mass is 35.5. The van der Waals surface area contributed by atoms with Crippen LogP contribution in [-0.4, -0.2) is 15.0 Å². The van der Waals surface area contributed by atoms with E-state index < -0.39 is 0 Å². The third-order valence-electron chi connectivity index (χ3n) is 2.50. The number of benzene rings is 2. The molecule has 0 radical (unpaired) electrons. The van der Waals surface area contributed by atoms with Gasteiger partial charge in [-0.15, -0.1) is 5.10 Å². The van der Waals surface area contributed by atoms with Gasteiger partial charge in [-0.25, -0.2) is 0 Å². The van der Waals surface area contributed by atoms with Crippen molar-refractivity contribution in [2.45, 2.75) is 0 Å². The summed E-state index contributed by atoms with van der Waals surface area (Å²) in [4.78, 5) is 0. The maximum absolute atomic E-state index is 5.81. The summed E-state index contributed by atoms with van der Waals surface area (Å²) in [6.45, 7) is 0. The van der Waals surface area contributed by atoms with E-state index in [0.29, 0.717) is 5.02 Å². The van der Waals surface area contributed by atoms with Gasteiger partial charge in [-0.2, -0.15) is 4.68 Å². The molecular weight excluding hydrogens is 246 g/mol. The smallest absolute Gasteiger partial charge is 0.114 e. The summed E-state index contributed by atoms with van der Waals surface area (Å²) in [5, 5.41) is 8.73. The lowest BCUT2D eigenvalue weighted by Crippen LogP contribution is -1.90. The van der Waals surface area contributed by atoms with Crippen molar-refractivity contribution in [1.29, 1.82) is 0 Å². The predicted octanol–water partition coefficient (Wildman–Crippen LogP) is 2.94. The molecule has 3 nitrogen and oxygen atoms in total. The Hall–Kier alpha value is -2.31. The number of halogens is 1. The first kappa shape index (κ1) is 10.8. The van der Waals surface area contributed by atoms with Gasteiger partial charge in [-0.3, -0.25) is 0 Å². The minimum absolute atomic E-state index is 0.701. The van der Waals surface area contributed by atoms with Crippen LogP contribution >= 0.6 is 11.6 Å². The fourth-order valence-corrected chi connectivity index (χ4v) is 1.73. The molecule has 0 aliphatic heterocycles. The van der Waals surface area contributed by atoms with Crippen LogP contribution in [0.1, 0.15) is 5.56 Å². The minimum atomic E-state index is 0.701. The molecule has 0 spiro atoms. The van der Waals surface area contributed by atoms with Crippen molar-refractivity contribution < 1.29 is 0 Å². The van der Waals surface area contributed by atoms with Gasteiger partial charge in [-0.05, 0) is 42.3 Å². The number of aromatic nitrogens is 3. The SMILES string of the molecule is Clc1ccc(C#Cn2nnc3ccccc32)cc1. The Morgan fingerprint density at radius 3 is 2.61 bits per heavy atom. The first-order chi connectivity index (χ1) is 8.83. The molecule has 0 amide bonds. The fraction of sp³-hybridized carbons (Fsp3) is 0. The van der Waals surface area contributed by atoms with E-state index >= 15 is 0 Å². The molecule has 0 atom stereocenters. The van der Waals surface area contributed by atoms with E-state index in [-0.39, 0.29) is 0 Å². The maximum atomic E-state index is 5.81. The van der Waals surface area contributed by atoms with Crippen LogP contribution in [0.2, 0.25) is 5.02 Å². The average Bonchev–Trinajstić information content (AvgIpc) is 2.82. The Labute approximate surface area is 109 Å². The van der Waals surface area contributed by atoms with Gasteiger partial charge in [0.1, 0.15) is 11.0 Å². The first-order valence-electron chi connectivity index (χ1n) is 5.41. The van der Waals surface area contributed by atoms with Crippen LogP contribution < -0.4 is 0 Å². The third-order valence-corrected chi connectivity index (χ3v) is 2.75. The van der Waals surface area contributed by atoms with Crippen molar-refractivity contribution in [3.05, 3.63) is 59.1 Å². The first-order valence-corrected chi connectivity index (χ1v) is 5.79. The molecule has 0 saturated heterocycles. The highest BCUT2D eigenvalue weighted by molar-refractivity contribution is 6.30. The number of nitrogens with zero attached hydrogens (tertiary/aromatic N) is 3. The molecule has 0 N–H and O–H groups in total. The third kappa shape index (κ3) is 2.06. The van der Waals surface area contributed by atoms with E-state index in [4.69, 9.17) is 11.6 Å². The highest BCUT2D eigenvalue weighted by Gasteiger charge is 1.99. The fourth-order valence-electron chi connectivity index (χ4n) is 1.60. The van der Waals surface area contributed by atoms with Gasteiger partial charge in [0, 0.05) is 16.6 Å². The molecule has 0 aliphatic carbocycles. The second kappa shape index (κ2) is 4.52. The second-order valence-corrected chi connectivity index (χ2v) is 4.17. The normalized spacial score (nSPS) is 10.1. The number of hydrogen-bond acceptors (Lipinski definition) is 2. The highest BCUT2D eigenvalue weighted by Crippen LogP contribution is 2.10. The average molecular weight is 254 g/mol. The number of para-hydroxylation sites is 1. The van der Waals surface area contributed by atoms with E-state index in [9.17, 15) is 0 Å². The summed E-state index contributed by atoms with van der Waals surface area (Å²) in [5.41, 5.74) is 2.63. The lowest BCUT2D eigenvalue weighted by atomic mass is 10.2. The Bertz CT molecular complexity index is 748. The van der Waals surface area contributed by atoms with Crippen LogP contribution in [0.15, 0.2) is 48.5 Å². The second-order valence-electron chi connectivity index (χ2n) is 3.73. The molecular formula is C14H8ClN3.